The summed E-state index contributed by atoms with van der Waals surface area (Å²) in [7, 11) is 0. The lowest BCUT2D eigenvalue weighted by Crippen LogP contribution is -2.12. The molecule has 4 N–H and O–H groups in total. The molecule has 0 bridgehead atoms. The number of nitrogens with two attached hydrogens (primary N) is 1. The number of nitrogen functional groups attached to an aromatic ring is 1. The second kappa shape index (κ2) is 6.40. The van der Waals surface area contributed by atoms with Crippen molar-refractivity contribution >= 4 is 44.7 Å². The SMILES string of the molecule is CC(C)Nc1nc(N)c(C(=O)Nc2nc(C(C)C)cs2)s1. The zero-order valence-corrected chi connectivity index (χ0v) is 14.1. The number of thiazole rings is 2. The van der Waals surface area contributed by atoms with E-state index in [2.05, 4.69) is 34.4 Å². The third kappa shape index (κ3) is 3.92. The van der Waals surface area contributed by atoms with Gasteiger partial charge in [0.2, 0.25) is 0 Å². The van der Waals surface area contributed by atoms with E-state index in [1.54, 1.807) is 0 Å². The van der Waals surface area contributed by atoms with Gasteiger partial charge in [0.15, 0.2) is 10.3 Å². The second-order valence-electron chi connectivity index (χ2n) is 5.22. The lowest BCUT2D eigenvalue weighted by Gasteiger charge is -2.03. The van der Waals surface area contributed by atoms with E-state index in [1.807, 2.05) is 19.2 Å². The van der Waals surface area contributed by atoms with E-state index >= 15 is 0 Å². The summed E-state index contributed by atoms with van der Waals surface area (Å²) in [5, 5.41) is 9.08. The van der Waals surface area contributed by atoms with Gasteiger partial charge in [-0.1, -0.05) is 25.2 Å². The molecule has 0 spiro atoms. The Labute approximate surface area is 131 Å². The Kier molecular flexibility index (Phi) is 4.79. The Morgan fingerprint density at radius 2 is 1.95 bits per heavy atom. The fourth-order valence-corrected chi connectivity index (χ4v) is 3.36. The van der Waals surface area contributed by atoms with E-state index in [9.17, 15) is 4.79 Å². The van der Waals surface area contributed by atoms with Crippen molar-refractivity contribution in [3.8, 4) is 0 Å². The Hall–Kier alpha value is -1.67. The molecule has 0 fully saturated rings. The van der Waals surface area contributed by atoms with Crippen molar-refractivity contribution in [2.24, 2.45) is 0 Å². The number of hydrogen-bond donors (Lipinski definition) is 3. The highest BCUT2D eigenvalue weighted by atomic mass is 32.1. The number of anilines is 3. The normalized spacial score (nSPS) is 11.1. The molecule has 0 aliphatic carbocycles. The molecule has 2 heterocycles. The van der Waals surface area contributed by atoms with Crippen LogP contribution in [0.2, 0.25) is 0 Å². The Morgan fingerprint density at radius 1 is 1.24 bits per heavy atom. The molecule has 2 rings (SSSR count). The van der Waals surface area contributed by atoms with E-state index < -0.39 is 0 Å². The molecule has 8 heteroatoms. The van der Waals surface area contributed by atoms with E-state index in [1.165, 1.54) is 22.7 Å². The highest BCUT2D eigenvalue weighted by Gasteiger charge is 2.18. The number of amides is 1. The maximum atomic E-state index is 12.2. The van der Waals surface area contributed by atoms with Crippen LogP contribution in [0, 0.1) is 0 Å². The van der Waals surface area contributed by atoms with Crippen LogP contribution < -0.4 is 16.4 Å². The van der Waals surface area contributed by atoms with Crippen LogP contribution >= 0.6 is 22.7 Å². The molecule has 0 atom stereocenters. The molecule has 21 heavy (non-hydrogen) atoms. The van der Waals surface area contributed by atoms with Crippen molar-refractivity contribution in [1.82, 2.24) is 9.97 Å². The number of nitrogens with zero attached hydrogens (tertiary/aromatic N) is 2. The fraction of sp³-hybridized carbons (Fsp3) is 0.462. The summed E-state index contributed by atoms with van der Waals surface area (Å²) < 4.78 is 0. The van der Waals surface area contributed by atoms with Gasteiger partial charge in [0, 0.05) is 11.4 Å². The fourth-order valence-electron chi connectivity index (χ4n) is 1.57. The first-order valence-electron chi connectivity index (χ1n) is 6.66. The molecule has 0 radical (unpaired) electrons. The highest BCUT2D eigenvalue weighted by molar-refractivity contribution is 7.18. The van der Waals surface area contributed by atoms with Crippen LogP contribution in [-0.2, 0) is 0 Å². The largest absolute Gasteiger partial charge is 0.382 e. The Bertz CT molecular complexity index is 632. The van der Waals surface area contributed by atoms with Crippen molar-refractivity contribution in [3.05, 3.63) is 16.0 Å². The summed E-state index contributed by atoms with van der Waals surface area (Å²) in [4.78, 5) is 21.2. The van der Waals surface area contributed by atoms with Gasteiger partial charge in [-0.3, -0.25) is 10.1 Å². The average Bonchev–Trinajstić information content (AvgIpc) is 2.95. The standard InChI is InChI=1S/C13H19N5OS2/c1-6(2)8-5-20-12(16-8)18-11(19)9-10(14)17-13(21-9)15-7(3)4/h5-7H,14H2,1-4H3,(H,15,17)(H,16,18,19). The monoisotopic (exact) mass is 325 g/mol. The van der Waals surface area contributed by atoms with Gasteiger partial charge in [-0.25, -0.2) is 9.97 Å². The lowest BCUT2D eigenvalue weighted by molar-refractivity contribution is 0.103. The highest BCUT2D eigenvalue weighted by Crippen LogP contribution is 2.27. The third-order valence-corrected chi connectivity index (χ3v) is 4.38. The third-order valence-electron chi connectivity index (χ3n) is 2.61. The van der Waals surface area contributed by atoms with Gasteiger partial charge in [0.05, 0.1) is 5.69 Å². The van der Waals surface area contributed by atoms with Crippen molar-refractivity contribution < 1.29 is 4.79 Å². The summed E-state index contributed by atoms with van der Waals surface area (Å²) in [5.74, 6) is 0.301. The van der Waals surface area contributed by atoms with Crippen LogP contribution in [0.5, 0.6) is 0 Å². The smallest absolute Gasteiger partial charge is 0.271 e. The Morgan fingerprint density at radius 3 is 2.52 bits per heavy atom. The average molecular weight is 325 g/mol. The van der Waals surface area contributed by atoms with E-state index in [-0.39, 0.29) is 17.8 Å². The minimum Gasteiger partial charge on any atom is -0.382 e. The summed E-state index contributed by atoms with van der Waals surface area (Å²) in [6.07, 6.45) is 0. The van der Waals surface area contributed by atoms with Crippen LogP contribution in [0.4, 0.5) is 16.1 Å². The van der Waals surface area contributed by atoms with Crippen LogP contribution in [-0.4, -0.2) is 21.9 Å². The molecule has 2 aromatic rings. The van der Waals surface area contributed by atoms with E-state index in [0.717, 1.165) is 5.69 Å². The molecule has 114 valence electrons. The molecule has 2 aromatic heterocycles. The van der Waals surface area contributed by atoms with Gasteiger partial charge in [-0.15, -0.1) is 11.3 Å². The second-order valence-corrected chi connectivity index (χ2v) is 7.08. The minimum atomic E-state index is -0.272. The lowest BCUT2D eigenvalue weighted by atomic mass is 10.2. The number of aromatic nitrogens is 2. The number of rotatable bonds is 5. The molecule has 0 saturated heterocycles. The van der Waals surface area contributed by atoms with Crippen LogP contribution in [0.3, 0.4) is 0 Å². The number of carbonyl (C=O) groups is 1. The summed E-state index contributed by atoms with van der Waals surface area (Å²) in [6, 6.07) is 0.235. The van der Waals surface area contributed by atoms with Gasteiger partial charge >= 0.3 is 0 Å². The summed E-state index contributed by atoms with van der Waals surface area (Å²) >= 11 is 2.65. The quantitative estimate of drug-likeness (QED) is 0.783. The molecule has 0 aromatic carbocycles. The zero-order chi connectivity index (χ0) is 15.6. The molecular formula is C13H19N5OS2. The van der Waals surface area contributed by atoms with Gasteiger partial charge in [-0.05, 0) is 19.8 Å². The predicted molar refractivity (Wildman–Crippen MR) is 89.4 cm³/mol. The van der Waals surface area contributed by atoms with Crippen LogP contribution in [0.25, 0.3) is 0 Å². The maximum absolute atomic E-state index is 12.2. The molecule has 0 aliphatic rings. The molecule has 6 nitrogen and oxygen atoms in total. The molecule has 0 aliphatic heterocycles. The maximum Gasteiger partial charge on any atom is 0.271 e. The number of carbonyl (C=O) groups excluding carboxylic acids is 1. The van der Waals surface area contributed by atoms with E-state index in [4.69, 9.17) is 5.73 Å². The first kappa shape index (κ1) is 15.7. The van der Waals surface area contributed by atoms with E-state index in [0.29, 0.717) is 21.1 Å². The summed E-state index contributed by atoms with van der Waals surface area (Å²) in [5.41, 5.74) is 6.77. The number of nitrogens with one attached hydrogen (secondary N) is 2. The topological polar surface area (TPSA) is 92.9 Å². The molecular weight excluding hydrogens is 306 g/mol. The minimum absolute atomic E-state index is 0.235. The molecule has 1 amide bonds. The van der Waals surface area contributed by atoms with Gasteiger partial charge < -0.3 is 11.1 Å². The zero-order valence-electron chi connectivity index (χ0n) is 12.4. The first-order chi connectivity index (χ1) is 9.86. The molecule has 0 unspecified atom stereocenters. The van der Waals surface area contributed by atoms with Crippen molar-refractivity contribution in [2.75, 3.05) is 16.4 Å². The van der Waals surface area contributed by atoms with Crippen molar-refractivity contribution in [2.45, 2.75) is 39.7 Å². The van der Waals surface area contributed by atoms with Crippen LogP contribution in [0.1, 0.15) is 49.0 Å². The van der Waals surface area contributed by atoms with Gasteiger partial charge in [0.25, 0.3) is 5.91 Å². The van der Waals surface area contributed by atoms with Gasteiger partial charge in [-0.2, -0.15) is 0 Å². The predicted octanol–water partition coefficient (Wildman–Crippen LogP) is 3.38. The van der Waals surface area contributed by atoms with Crippen molar-refractivity contribution in [1.29, 1.82) is 0 Å². The van der Waals surface area contributed by atoms with Crippen LogP contribution in [0.15, 0.2) is 5.38 Å². The first-order valence-corrected chi connectivity index (χ1v) is 8.36. The van der Waals surface area contributed by atoms with Gasteiger partial charge in [0.1, 0.15) is 10.7 Å². The molecule has 0 saturated carbocycles. The number of hydrogen-bond acceptors (Lipinski definition) is 7. The Balaban J connectivity index is 2.10. The summed E-state index contributed by atoms with van der Waals surface area (Å²) in [6.45, 7) is 8.12. The van der Waals surface area contributed by atoms with Crippen molar-refractivity contribution in [3.63, 3.8) is 0 Å².